The van der Waals surface area contributed by atoms with E-state index in [4.69, 9.17) is 14.9 Å². The van der Waals surface area contributed by atoms with Crippen molar-refractivity contribution in [3.63, 3.8) is 0 Å². The van der Waals surface area contributed by atoms with E-state index in [1.807, 2.05) is 11.7 Å². The molecule has 4 aromatic rings. The van der Waals surface area contributed by atoms with Crippen LogP contribution < -0.4 is 5.32 Å². The first-order valence-corrected chi connectivity index (χ1v) is 14.2. The van der Waals surface area contributed by atoms with Crippen molar-refractivity contribution in [2.75, 3.05) is 38.2 Å². The second-order valence-corrected chi connectivity index (χ2v) is 12.1. The molecule has 3 aromatic heterocycles. The first kappa shape index (κ1) is 22.6. The monoisotopic (exact) mass is 502 g/mol. The van der Waals surface area contributed by atoms with Gasteiger partial charge in [0.15, 0.2) is 5.82 Å². The Hall–Kier alpha value is -2.55. The normalized spacial score (nSPS) is 25.2. The van der Waals surface area contributed by atoms with Gasteiger partial charge < -0.3 is 15.0 Å². The molecular weight excluding hydrogens is 468 g/mol. The van der Waals surface area contributed by atoms with E-state index in [1.165, 1.54) is 66.4 Å². The number of aromatic nitrogens is 4. The SMILES string of the molecule is Cc1c(-c2nnc(N[C@@H]3CC4CN(CC5CCOCC5)C[C@H]4C3)c3ccsc23)ccc2nn(C)cc12. The molecule has 188 valence electrons. The zero-order valence-corrected chi connectivity index (χ0v) is 21.9. The molecule has 3 atom stereocenters. The number of nitrogens with zero attached hydrogens (tertiary/aromatic N) is 5. The number of nitrogens with one attached hydrogen (secondary N) is 1. The van der Waals surface area contributed by atoms with Crippen LogP contribution in [0.25, 0.3) is 32.2 Å². The van der Waals surface area contributed by atoms with Gasteiger partial charge in [0, 0.05) is 68.5 Å². The lowest BCUT2D eigenvalue weighted by atomic mass is 10.00. The molecule has 0 amide bonds. The van der Waals surface area contributed by atoms with E-state index in [9.17, 15) is 0 Å². The molecule has 5 heterocycles. The highest BCUT2D eigenvalue weighted by Crippen LogP contribution is 2.42. The van der Waals surface area contributed by atoms with Crippen molar-refractivity contribution >= 4 is 38.1 Å². The van der Waals surface area contributed by atoms with Crippen LogP contribution >= 0.6 is 11.3 Å². The van der Waals surface area contributed by atoms with Crippen LogP contribution in [0.3, 0.4) is 0 Å². The number of likely N-dealkylation sites (tertiary alicyclic amines) is 1. The molecule has 0 spiro atoms. The van der Waals surface area contributed by atoms with Crippen molar-refractivity contribution in [1.29, 1.82) is 0 Å². The highest BCUT2D eigenvalue weighted by atomic mass is 32.1. The van der Waals surface area contributed by atoms with Crippen molar-refractivity contribution < 1.29 is 4.74 Å². The number of aryl methyl sites for hydroxylation is 2. The van der Waals surface area contributed by atoms with Crippen molar-refractivity contribution in [3.8, 4) is 11.3 Å². The van der Waals surface area contributed by atoms with Gasteiger partial charge in [-0.1, -0.05) is 6.07 Å². The van der Waals surface area contributed by atoms with Crippen LogP contribution in [0.5, 0.6) is 0 Å². The van der Waals surface area contributed by atoms with Gasteiger partial charge in [-0.05, 0) is 73.4 Å². The number of fused-ring (bicyclic) bond motifs is 3. The average molecular weight is 503 g/mol. The van der Waals surface area contributed by atoms with Gasteiger partial charge in [0.05, 0.1) is 10.2 Å². The molecule has 3 aliphatic rings. The quantitative estimate of drug-likeness (QED) is 0.409. The predicted octanol–water partition coefficient (Wildman–Crippen LogP) is 5.10. The Labute approximate surface area is 215 Å². The number of hydrogen-bond donors (Lipinski definition) is 1. The van der Waals surface area contributed by atoms with Gasteiger partial charge in [0.1, 0.15) is 5.69 Å². The largest absolute Gasteiger partial charge is 0.381 e. The second-order valence-electron chi connectivity index (χ2n) is 11.1. The van der Waals surface area contributed by atoms with Crippen molar-refractivity contribution in [2.24, 2.45) is 24.8 Å². The maximum absolute atomic E-state index is 5.55. The smallest absolute Gasteiger partial charge is 0.157 e. The predicted molar refractivity (Wildman–Crippen MR) is 145 cm³/mol. The number of anilines is 1. The van der Waals surface area contributed by atoms with E-state index < -0.39 is 0 Å². The molecular formula is C28H34N6OS. The molecule has 0 radical (unpaired) electrons. The van der Waals surface area contributed by atoms with Gasteiger partial charge in [-0.2, -0.15) is 5.10 Å². The molecule has 7 nitrogen and oxygen atoms in total. The molecule has 36 heavy (non-hydrogen) atoms. The topological polar surface area (TPSA) is 68.1 Å². The summed E-state index contributed by atoms with van der Waals surface area (Å²) in [5.41, 5.74) is 4.34. The van der Waals surface area contributed by atoms with E-state index in [-0.39, 0.29) is 0 Å². The maximum Gasteiger partial charge on any atom is 0.157 e. The maximum atomic E-state index is 5.55. The minimum Gasteiger partial charge on any atom is -0.381 e. The van der Waals surface area contributed by atoms with Crippen LogP contribution in [0.2, 0.25) is 0 Å². The molecule has 1 saturated carbocycles. The van der Waals surface area contributed by atoms with Gasteiger partial charge in [0.2, 0.25) is 0 Å². The summed E-state index contributed by atoms with van der Waals surface area (Å²) in [6.07, 6.45) is 7.03. The average Bonchev–Trinajstić information content (AvgIpc) is 3.64. The zero-order valence-electron chi connectivity index (χ0n) is 21.1. The van der Waals surface area contributed by atoms with Crippen LogP contribution in [0.15, 0.2) is 29.8 Å². The number of ether oxygens (including phenoxy) is 1. The third-order valence-electron chi connectivity index (χ3n) is 8.74. The number of benzene rings is 1. The standard InChI is InChI=1S/C28H34N6OS/c1-17-22(3-4-25-24(17)16-33(2)32-25)26-27-23(7-10-36-27)28(31-30-26)29-21-11-19-14-34(15-20(19)12-21)13-18-5-8-35-9-6-18/h3-4,7,10,16,18-21H,5-6,8-9,11-15H2,1-2H3,(H,29,31)/t19-,20?,21+/m1/s1. The molecule has 1 aliphatic carbocycles. The van der Waals surface area contributed by atoms with Gasteiger partial charge in [0.25, 0.3) is 0 Å². The van der Waals surface area contributed by atoms with E-state index in [1.54, 1.807) is 11.3 Å². The fraction of sp³-hybridized carbons (Fsp3) is 0.536. The number of thiophene rings is 1. The Morgan fingerprint density at radius 3 is 2.67 bits per heavy atom. The minimum absolute atomic E-state index is 0.488. The fourth-order valence-corrected chi connectivity index (χ4v) is 7.81. The van der Waals surface area contributed by atoms with Gasteiger partial charge in [-0.3, -0.25) is 4.68 Å². The van der Waals surface area contributed by atoms with E-state index in [0.29, 0.717) is 6.04 Å². The first-order valence-electron chi connectivity index (χ1n) is 13.4. The summed E-state index contributed by atoms with van der Waals surface area (Å²) in [5.74, 6) is 3.39. The Kier molecular flexibility index (Phi) is 5.71. The summed E-state index contributed by atoms with van der Waals surface area (Å²) < 4.78 is 8.63. The lowest BCUT2D eigenvalue weighted by molar-refractivity contribution is 0.0545. The molecule has 1 aromatic carbocycles. The highest BCUT2D eigenvalue weighted by Gasteiger charge is 2.41. The summed E-state index contributed by atoms with van der Waals surface area (Å²) in [6, 6.07) is 6.92. The summed E-state index contributed by atoms with van der Waals surface area (Å²) in [4.78, 5) is 2.73. The summed E-state index contributed by atoms with van der Waals surface area (Å²) in [5, 5.41) is 22.4. The summed E-state index contributed by atoms with van der Waals surface area (Å²) >= 11 is 1.75. The Morgan fingerprint density at radius 1 is 1.06 bits per heavy atom. The van der Waals surface area contributed by atoms with Crippen molar-refractivity contribution in [3.05, 3.63) is 35.3 Å². The van der Waals surface area contributed by atoms with Crippen molar-refractivity contribution in [2.45, 2.75) is 38.6 Å². The molecule has 1 N–H and O–H groups in total. The van der Waals surface area contributed by atoms with Crippen LogP contribution in [-0.2, 0) is 11.8 Å². The van der Waals surface area contributed by atoms with Gasteiger partial charge in [-0.25, -0.2) is 0 Å². The van der Waals surface area contributed by atoms with E-state index in [0.717, 1.165) is 53.6 Å². The molecule has 3 fully saturated rings. The van der Waals surface area contributed by atoms with Gasteiger partial charge >= 0.3 is 0 Å². The molecule has 2 aliphatic heterocycles. The van der Waals surface area contributed by atoms with Crippen molar-refractivity contribution in [1.82, 2.24) is 24.9 Å². The van der Waals surface area contributed by atoms with Crippen LogP contribution in [0, 0.1) is 24.7 Å². The third kappa shape index (κ3) is 3.99. The lowest BCUT2D eigenvalue weighted by Crippen LogP contribution is -2.32. The zero-order chi connectivity index (χ0) is 24.2. The molecule has 8 heteroatoms. The lowest BCUT2D eigenvalue weighted by Gasteiger charge is -2.27. The first-order chi connectivity index (χ1) is 17.6. The second kappa shape index (κ2) is 9.08. The molecule has 0 bridgehead atoms. The van der Waals surface area contributed by atoms with E-state index in [2.05, 4.69) is 52.0 Å². The highest BCUT2D eigenvalue weighted by molar-refractivity contribution is 7.17. The van der Waals surface area contributed by atoms with Gasteiger partial charge in [-0.15, -0.1) is 21.5 Å². The fourth-order valence-electron chi connectivity index (χ4n) is 6.92. The Bertz CT molecular complexity index is 1390. The number of rotatable bonds is 5. The third-order valence-corrected chi connectivity index (χ3v) is 9.66. The van der Waals surface area contributed by atoms with Crippen LogP contribution in [-0.4, -0.2) is 63.8 Å². The van der Waals surface area contributed by atoms with Crippen LogP contribution in [0.1, 0.15) is 31.2 Å². The summed E-state index contributed by atoms with van der Waals surface area (Å²) in [7, 11) is 1.97. The van der Waals surface area contributed by atoms with Crippen LogP contribution in [0.4, 0.5) is 5.82 Å². The minimum atomic E-state index is 0.488. The summed E-state index contributed by atoms with van der Waals surface area (Å²) in [6.45, 7) is 7.84. The van der Waals surface area contributed by atoms with E-state index >= 15 is 0 Å². The Morgan fingerprint density at radius 2 is 1.86 bits per heavy atom. The number of hydrogen-bond acceptors (Lipinski definition) is 7. The molecule has 1 unspecified atom stereocenters. The Balaban J connectivity index is 1.07. The molecule has 2 saturated heterocycles. The molecule has 7 rings (SSSR count).